The third-order valence-corrected chi connectivity index (χ3v) is 6.89. The van der Waals surface area contributed by atoms with Crippen LogP contribution in [0.1, 0.15) is 44.4 Å². The van der Waals surface area contributed by atoms with Crippen LogP contribution in [0.4, 0.5) is 24.8 Å². The quantitative estimate of drug-likeness (QED) is 0.491. The van der Waals surface area contributed by atoms with Gasteiger partial charge in [0.25, 0.3) is 5.82 Å². The largest absolute Gasteiger partial charge is 0.416 e. The van der Waals surface area contributed by atoms with Gasteiger partial charge in [0.15, 0.2) is 5.82 Å². The van der Waals surface area contributed by atoms with Crippen LogP contribution in [0.5, 0.6) is 0 Å². The van der Waals surface area contributed by atoms with Crippen LogP contribution < -0.4 is 10.6 Å². The van der Waals surface area contributed by atoms with E-state index in [1.54, 1.807) is 31.3 Å². The molecule has 3 aromatic rings. The average molecular weight is 485 g/mol. The summed E-state index contributed by atoms with van der Waals surface area (Å²) in [6.07, 6.45) is -3.60. The molecule has 1 aliphatic rings. The molecule has 0 bridgehead atoms. The molecule has 1 aromatic carbocycles. The van der Waals surface area contributed by atoms with Gasteiger partial charge in [-0.25, -0.2) is 4.79 Å². The Morgan fingerprint density at radius 2 is 1.83 bits per heavy atom. The lowest BCUT2D eigenvalue weighted by Gasteiger charge is -2.48. The van der Waals surface area contributed by atoms with E-state index in [0.717, 1.165) is 24.1 Å². The van der Waals surface area contributed by atoms with Crippen molar-refractivity contribution < 1.29 is 13.2 Å². The monoisotopic (exact) mass is 484 g/mol. The lowest BCUT2D eigenvalue weighted by atomic mass is 9.98. The van der Waals surface area contributed by atoms with Gasteiger partial charge in [0.05, 0.1) is 11.1 Å². The minimum Gasteiger partial charge on any atom is -0.361 e. The molecule has 0 spiro atoms. The van der Waals surface area contributed by atoms with Gasteiger partial charge in [0, 0.05) is 38.3 Å². The second-order valence-corrected chi connectivity index (χ2v) is 8.98. The molecule has 35 heavy (non-hydrogen) atoms. The average Bonchev–Trinajstić information content (AvgIpc) is 2.84. The topological polar surface area (TPSA) is 58.6 Å². The standard InChI is InChI=1S/C25H27F3N6O/c1-6-19-14-33(16(3)17-7-9-18(10-8-17)25(26,27)28)15(2)13-34(19)23-22-20(32(5)24(35)31-23)11-12-21(29-4)30-22/h7-12,15-16,19H,6,13-14H2,1-3,5H3/t15-,16?,19+/m1/s1. The van der Waals surface area contributed by atoms with Gasteiger partial charge in [0.1, 0.15) is 0 Å². The number of piperazine rings is 1. The van der Waals surface area contributed by atoms with Crippen LogP contribution in [0.3, 0.4) is 0 Å². The Hall–Kier alpha value is -3.45. The van der Waals surface area contributed by atoms with Gasteiger partial charge in [0.2, 0.25) is 5.52 Å². The van der Waals surface area contributed by atoms with E-state index in [9.17, 15) is 18.0 Å². The molecule has 184 valence electrons. The third kappa shape index (κ3) is 4.60. The smallest absolute Gasteiger partial charge is 0.361 e. The van der Waals surface area contributed by atoms with Crippen LogP contribution in [-0.2, 0) is 13.2 Å². The highest BCUT2D eigenvalue weighted by Crippen LogP contribution is 2.34. The van der Waals surface area contributed by atoms with Crippen molar-refractivity contribution in [2.75, 3.05) is 18.0 Å². The number of rotatable bonds is 4. The zero-order chi connectivity index (χ0) is 25.5. The molecule has 0 N–H and O–H groups in total. The van der Waals surface area contributed by atoms with Crippen LogP contribution in [-0.4, -0.2) is 44.6 Å². The highest BCUT2D eigenvalue weighted by Gasteiger charge is 2.36. The molecule has 2 aromatic heterocycles. The maximum atomic E-state index is 13.0. The van der Waals surface area contributed by atoms with E-state index in [1.807, 2.05) is 6.92 Å². The maximum absolute atomic E-state index is 13.0. The predicted octanol–water partition coefficient (Wildman–Crippen LogP) is 4.95. The summed E-state index contributed by atoms with van der Waals surface area (Å²) in [5.74, 6) is 0.698. The van der Waals surface area contributed by atoms with Gasteiger partial charge >= 0.3 is 11.9 Å². The number of nitrogens with zero attached hydrogens (tertiary/aromatic N) is 6. The van der Waals surface area contributed by atoms with E-state index in [1.165, 1.54) is 4.57 Å². The Morgan fingerprint density at radius 3 is 2.43 bits per heavy atom. The molecule has 0 aliphatic carbocycles. The number of alkyl halides is 3. The molecular weight excluding hydrogens is 457 g/mol. The number of pyridine rings is 1. The fraction of sp³-hybridized carbons (Fsp3) is 0.440. The van der Waals surface area contributed by atoms with E-state index in [0.29, 0.717) is 29.9 Å². The molecule has 4 rings (SSSR count). The number of aromatic nitrogens is 3. The van der Waals surface area contributed by atoms with Gasteiger partial charge in [-0.2, -0.15) is 18.2 Å². The fourth-order valence-electron chi connectivity index (χ4n) is 4.81. The summed E-state index contributed by atoms with van der Waals surface area (Å²) >= 11 is 0. The van der Waals surface area contributed by atoms with E-state index in [-0.39, 0.29) is 23.9 Å². The first-order valence-electron chi connectivity index (χ1n) is 11.5. The minimum atomic E-state index is -4.36. The SMILES string of the molecule is [C-]#[N+]c1ccc2c(n1)c(N1C[C@@H](C)N(C(C)c3ccc(C(F)(F)F)cc3)C[C@@H]1CC)nc(=O)n2C. The Morgan fingerprint density at radius 1 is 1.14 bits per heavy atom. The van der Waals surface area contributed by atoms with Gasteiger partial charge in [-0.05, 0) is 50.1 Å². The van der Waals surface area contributed by atoms with Gasteiger partial charge in [-0.1, -0.05) is 25.6 Å². The van der Waals surface area contributed by atoms with Gasteiger partial charge < -0.3 is 9.74 Å². The van der Waals surface area contributed by atoms with Crippen molar-refractivity contribution in [3.8, 4) is 0 Å². The molecule has 3 atom stereocenters. The van der Waals surface area contributed by atoms with Crippen molar-refractivity contribution in [2.24, 2.45) is 7.05 Å². The van der Waals surface area contributed by atoms with Crippen molar-refractivity contribution in [3.63, 3.8) is 0 Å². The molecular formula is C25H27F3N6O. The lowest BCUT2D eigenvalue weighted by Crippen LogP contribution is -2.58. The van der Waals surface area contributed by atoms with E-state index in [4.69, 9.17) is 6.57 Å². The highest BCUT2D eigenvalue weighted by molar-refractivity contribution is 5.87. The summed E-state index contributed by atoms with van der Waals surface area (Å²) in [6.45, 7) is 14.6. The summed E-state index contributed by atoms with van der Waals surface area (Å²) in [4.78, 5) is 29.2. The molecule has 1 fully saturated rings. The van der Waals surface area contributed by atoms with Crippen molar-refractivity contribution in [2.45, 2.75) is 51.5 Å². The highest BCUT2D eigenvalue weighted by atomic mass is 19.4. The molecule has 7 nitrogen and oxygen atoms in total. The Kier molecular flexibility index (Phi) is 6.56. The maximum Gasteiger partial charge on any atom is 0.416 e. The zero-order valence-electron chi connectivity index (χ0n) is 20.0. The Bertz CT molecular complexity index is 1330. The molecule has 1 saturated heterocycles. The number of aryl methyl sites for hydroxylation is 1. The number of halogens is 3. The number of fused-ring (bicyclic) bond motifs is 1. The molecule has 0 radical (unpaired) electrons. The lowest BCUT2D eigenvalue weighted by molar-refractivity contribution is -0.137. The summed E-state index contributed by atoms with van der Waals surface area (Å²) < 4.78 is 40.4. The molecule has 1 aliphatic heterocycles. The van der Waals surface area contributed by atoms with Crippen LogP contribution in [0, 0.1) is 6.57 Å². The normalized spacial score (nSPS) is 20.1. The number of hydrogen-bond acceptors (Lipinski definition) is 5. The van der Waals surface area contributed by atoms with E-state index >= 15 is 0 Å². The fourth-order valence-corrected chi connectivity index (χ4v) is 4.81. The minimum absolute atomic E-state index is 0.00398. The van der Waals surface area contributed by atoms with Gasteiger partial charge in [-0.15, -0.1) is 4.98 Å². The van der Waals surface area contributed by atoms with Gasteiger partial charge in [-0.3, -0.25) is 9.47 Å². The van der Waals surface area contributed by atoms with Crippen molar-refractivity contribution in [1.29, 1.82) is 0 Å². The number of anilines is 1. The van der Waals surface area contributed by atoms with Crippen LogP contribution in [0.2, 0.25) is 0 Å². The second kappa shape index (κ2) is 9.30. The molecule has 0 saturated carbocycles. The molecule has 0 amide bonds. The Labute approximate surface area is 201 Å². The van der Waals surface area contributed by atoms with Crippen molar-refractivity contribution >= 4 is 22.7 Å². The number of hydrogen-bond donors (Lipinski definition) is 0. The first kappa shape index (κ1) is 24.7. The summed E-state index contributed by atoms with van der Waals surface area (Å²) in [5, 5.41) is 0. The summed E-state index contributed by atoms with van der Waals surface area (Å²) in [7, 11) is 1.63. The first-order valence-corrected chi connectivity index (χ1v) is 11.5. The first-order chi connectivity index (χ1) is 16.5. The Balaban J connectivity index is 1.67. The van der Waals surface area contributed by atoms with Crippen LogP contribution >= 0.6 is 0 Å². The third-order valence-electron chi connectivity index (χ3n) is 6.89. The molecule has 10 heteroatoms. The van der Waals surface area contributed by atoms with Crippen LogP contribution in [0.15, 0.2) is 41.2 Å². The predicted molar refractivity (Wildman–Crippen MR) is 128 cm³/mol. The van der Waals surface area contributed by atoms with E-state index in [2.05, 4.69) is 38.5 Å². The zero-order valence-corrected chi connectivity index (χ0v) is 20.0. The molecule has 1 unspecified atom stereocenters. The number of benzene rings is 1. The second-order valence-electron chi connectivity index (χ2n) is 8.98. The summed E-state index contributed by atoms with van der Waals surface area (Å²) in [5.41, 5.74) is 0.875. The molecule has 3 heterocycles. The van der Waals surface area contributed by atoms with E-state index < -0.39 is 17.4 Å². The van der Waals surface area contributed by atoms with Crippen molar-refractivity contribution in [3.05, 3.63) is 69.4 Å². The van der Waals surface area contributed by atoms with Crippen molar-refractivity contribution in [1.82, 2.24) is 19.4 Å². The van der Waals surface area contributed by atoms with Crippen LogP contribution in [0.25, 0.3) is 15.9 Å². The summed E-state index contributed by atoms with van der Waals surface area (Å²) in [6, 6.07) is 8.57.